The molecule has 14 heteroatoms. The molecule has 4 rings (SSSR count). The topological polar surface area (TPSA) is 194 Å². The number of hydrogen-bond acceptors (Lipinski definition) is 11. The Labute approximate surface area is 212 Å². The number of nitrogens with zero attached hydrogens (tertiary/aromatic N) is 5. The minimum absolute atomic E-state index is 0.143. The minimum atomic E-state index is -1.72. The van der Waals surface area contributed by atoms with Gasteiger partial charge < -0.3 is 25.0 Å². The van der Waals surface area contributed by atoms with E-state index >= 15 is 0 Å². The quantitative estimate of drug-likeness (QED) is 0.138. The van der Waals surface area contributed by atoms with Crippen molar-refractivity contribution in [1.82, 2.24) is 18.5 Å². The number of nitro benzene ring substituents is 1. The number of non-ortho nitro benzene ring substituents is 1. The fourth-order valence-electron chi connectivity index (χ4n) is 3.74. The highest BCUT2D eigenvalue weighted by Gasteiger charge is 2.28. The monoisotopic (exact) mass is 529 g/mol. The van der Waals surface area contributed by atoms with Crippen LogP contribution >= 0.6 is 11.9 Å². The molecular formula is C23H23N5O8S. The summed E-state index contributed by atoms with van der Waals surface area (Å²) in [6.45, 7) is 2.53. The van der Waals surface area contributed by atoms with Gasteiger partial charge in [-0.2, -0.15) is 8.96 Å². The summed E-state index contributed by atoms with van der Waals surface area (Å²) in [5.41, 5.74) is 0.449. The second-order valence-corrected chi connectivity index (χ2v) is 9.48. The fraction of sp³-hybridized carbons (Fsp3) is 0.304. The summed E-state index contributed by atoms with van der Waals surface area (Å²) in [4.78, 5) is 45.5. The Morgan fingerprint density at radius 3 is 2.30 bits per heavy atom. The van der Waals surface area contributed by atoms with Crippen LogP contribution in [0.4, 0.5) is 5.69 Å². The molecule has 37 heavy (non-hydrogen) atoms. The summed E-state index contributed by atoms with van der Waals surface area (Å²) in [5, 5.41) is 50.5. The third kappa shape index (κ3) is 5.10. The molecule has 0 saturated carbocycles. The van der Waals surface area contributed by atoms with Crippen molar-refractivity contribution in [2.24, 2.45) is 0 Å². The highest BCUT2D eigenvalue weighted by molar-refractivity contribution is 7.97. The molecule has 0 unspecified atom stereocenters. The van der Waals surface area contributed by atoms with Crippen molar-refractivity contribution in [3.63, 3.8) is 0 Å². The van der Waals surface area contributed by atoms with E-state index in [4.69, 9.17) is 5.11 Å². The smallest absolute Gasteiger partial charge is 0.363 e. The lowest BCUT2D eigenvalue weighted by Gasteiger charge is -2.25. The molecule has 2 aromatic carbocycles. The molecular weight excluding hydrogens is 506 g/mol. The van der Waals surface area contributed by atoms with Crippen molar-refractivity contribution in [2.45, 2.75) is 43.6 Å². The number of aromatic nitrogens is 4. The molecule has 0 amide bonds. The predicted octanol–water partition coefficient (Wildman–Crippen LogP) is 0.213. The van der Waals surface area contributed by atoms with Crippen LogP contribution in [-0.4, -0.2) is 68.8 Å². The van der Waals surface area contributed by atoms with E-state index in [9.17, 15) is 35.0 Å². The van der Waals surface area contributed by atoms with Gasteiger partial charge in [0.2, 0.25) is 0 Å². The molecule has 4 N–H and O–H groups in total. The van der Waals surface area contributed by atoms with Gasteiger partial charge in [-0.15, -0.1) is 0 Å². The maximum atomic E-state index is 13.4. The van der Waals surface area contributed by atoms with Gasteiger partial charge in [0.05, 0.1) is 29.1 Å². The molecule has 0 fully saturated rings. The zero-order valence-corrected chi connectivity index (χ0v) is 20.5. The van der Waals surface area contributed by atoms with Crippen LogP contribution in [0.25, 0.3) is 22.6 Å². The molecule has 0 radical (unpaired) electrons. The molecule has 13 nitrogen and oxygen atoms in total. The van der Waals surface area contributed by atoms with Crippen molar-refractivity contribution >= 4 is 28.7 Å². The summed E-state index contributed by atoms with van der Waals surface area (Å²) in [5.74, 6) is -0.143. The van der Waals surface area contributed by atoms with Gasteiger partial charge in [-0.3, -0.25) is 14.9 Å². The Bertz CT molecular complexity index is 1570. The fourth-order valence-corrected chi connectivity index (χ4v) is 4.50. The molecule has 0 bridgehead atoms. The standard InChI is InChI=1S/C23H23N5O8S/c1-11-7-15-16(8-12(11)2)26(9-17(30)20(32)18(31)10-29)21-19(24-15)22(33)27(23(34)25-21)37-14-5-3-13(4-6-14)28(35)36/h3-8,17-18,20,29-32H,9-10H2,1-2H3/t17-,18+,20+/m0/s1. The van der Waals surface area contributed by atoms with Crippen LogP contribution in [0, 0.1) is 24.0 Å². The minimum Gasteiger partial charge on any atom is -0.394 e. The zero-order chi connectivity index (χ0) is 27.0. The number of aliphatic hydroxyl groups excluding tert-OH is 4. The number of hydrogen-bond donors (Lipinski definition) is 4. The van der Waals surface area contributed by atoms with Gasteiger partial charge in [0.25, 0.3) is 11.2 Å². The molecule has 2 aromatic rings. The maximum Gasteiger partial charge on any atom is 0.363 e. The number of rotatable bonds is 8. The summed E-state index contributed by atoms with van der Waals surface area (Å²) in [6.07, 6.45) is -4.92. The van der Waals surface area contributed by atoms with Crippen LogP contribution in [0.3, 0.4) is 0 Å². The van der Waals surface area contributed by atoms with Gasteiger partial charge in [0.1, 0.15) is 18.3 Å². The third-order valence-electron chi connectivity index (χ3n) is 5.93. The van der Waals surface area contributed by atoms with Crippen molar-refractivity contribution in [1.29, 1.82) is 0 Å². The van der Waals surface area contributed by atoms with Crippen LogP contribution in [0.1, 0.15) is 11.1 Å². The van der Waals surface area contributed by atoms with E-state index in [1.54, 1.807) is 12.1 Å². The first-order valence-corrected chi connectivity index (χ1v) is 11.8. The Kier molecular flexibility index (Phi) is 7.38. The Morgan fingerprint density at radius 1 is 1.03 bits per heavy atom. The lowest BCUT2D eigenvalue weighted by molar-refractivity contribution is -0.384. The molecule has 0 aliphatic carbocycles. The summed E-state index contributed by atoms with van der Waals surface area (Å²) in [7, 11) is 0. The van der Waals surface area contributed by atoms with Crippen molar-refractivity contribution < 1.29 is 25.3 Å². The third-order valence-corrected chi connectivity index (χ3v) is 6.92. The zero-order valence-electron chi connectivity index (χ0n) is 19.7. The normalized spacial score (nSPS) is 14.1. The lowest BCUT2D eigenvalue weighted by Crippen LogP contribution is -2.42. The highest BCUT2D eigenvalue weighted by atomic mass is 32.2. The summed E-state index contributed by atoms with van der Waals surface area (Å²) < 4.78 is 2.14. The molecule has 2 aliphatic rings. The second-order valence-electron chi connectivity index (χ2n) is 8.46. The van der Waals surface area contributed by atoms with E-state index in [0.717, 1.165) is 27.0 Å². The molecule has 3 atom stereocenters. The highest BCUT2D eigenvalue weighted by Crippen LogP contribution is 2.26. The van der Waals surface area contributed by atoms with Gasteiger partial charge in [-0.25, -0.2) is 9.78 Å². The first-order chi connectivity index (χ1) is 17.5. The van der Waals surface area contributed by atoms with Gasteiger partial charge in [0.15, 0.2) is 11.5 Å². The van der Waals surface area contributed by atoms with Crippen molar-refractivity contribution in [2.75, 3.05) is 6.61 Å². The van der Waals surface area contributed by atoms with Crippen molar-refractivity contribution in [3.05, 3.63) is 78.5 Å². The molecule has 194 valence electrons. The van der Waals surface area contributed by atoms with E-state index < -0.39 is 41.1 Å². The molecule has 0 spiro atoms. The average Bonchev–Trinajstić information content (AvgIpc) is 2.87. The van der Waals surface area contributed by atoms with Gasteiger partial charge >= 0.3 is 5.69 Å². The first-order valence-electron chi connectivity index (χ1n) is 11.0. The SMILES string of the molecule is Cc1cc2nc3c(=O)n(Sc4ccc([N+](=O)[O-])cc4)c(=O)nc-3n(C[C@H](O)[C@@H](O)[C@H](O)CO)c2cc1C. The van der Waals surface area contributed by atoms with E-state index in [0.29, 0.717) is 15.9 Å². The van der Waals surface area contributed by atoms with E-state index in [1.165, 1.54) is 28.8 Å². The predicted molar refractivity (Wildman–Crippen MR) is 134 cm³/mol. The van der Waals surface area contributed by atoms with Crippen molar-refractivity contribution in [3.8, 4) is 11.5 Å². The number of fused-ring (bicyclic) bond motifs is 2. The largest absolute Gasteiger partial charge is 0.394 e. The Balaban J connectivity index is 1.89. The molecule has 2 heterocycles. The molecule has 0 saturated heterocycles. The molecule has 2 aliphatic heterocycles. The van der Waals surface area contributed by atoms with E-state index in [2.05, 4.69) is 9.97 Å². The van der Waals surface area contributed by atoms with Crippen LogP contribution in [0.5, 0.6) is 0 Å². The maximum absolute atomic E-state index is 13.4. The Morgan fingerprint density at radius 2 is 1.68 bits per heavy atom. The van der Waals surface area contributed by atoms with Gasteiger partial charge in [-0.05, 0) is 49.2 Å². The first kappa shape index (κ1) is 26.4. The summed E-state index contributed by atoms with van der Waals surface area (Å²) in [6, 6.07) is 8.73. The van der Waals surface area contributed by atoms with Gasteiger partial charge in [0, 0.05) is 29.0 Å². The average molecular weight is 530 g/mol. The van der Waals surface area contributed by atoms with Gasteiger partial charge in [-0.1, -0.05) is 0 Å². The lowest BCUT2D eigenvalue weighted by atomic mass is 10.1. The van der Waals surface area contributed by atoms with Crippen LogP contribution in [-0.2, 0) is 6.54 Å². The van der Waals surface area contributed by atoms with Crippen LogP contribution in [0.15, 0.2) is 50.9 Å². The van der Waals surface area contributed by atoms with E-state index in [-0.39, 0.29) is 23.8 Å². The summed E-state index contributed by atoms with van der Waals surface area (Å²) >= 11 is 0.726. The number of aryl methyl sites for hydroxylation is 2. The Hall–Kier alpha value is -3.69. The second kappa shape index (κ2) is 10.4. The van der Waals surface area contributed by atoms with Crippen LogP contribution in [0.2, 0.25) is 0 Å². The van der Waals surface area contributed by atoms with E-state index in [1.807, 2.05) is 13.8 Å². The van der Waals surface area contributed by atoms with Crippen LogP contribution < -0.4 is 11.2 Å². The number of aliphatic hydroxyl groups is 4. The molecule has 0 aromatic heterocycles. The number of nitro groups is 1. The number of benzene rings is 2.